The van der Waals surface area contributed by atoms with Crippen molar-refractivity contribution < 1.29 is 14.3 Å². The second-order valence-corrected chi connectivity index (χ2v) is 8.59. The highest BCUT2D eigenvalue weighted by atomic mass is 16.6. The Balaban J connectivity index is 1.44. The first-order valence-electron chi connectivity index (χ1n) is 9.99. The Hall–Kier alpha value is -1.85. The van der Waals surface area contributed by atoms with Gasteiger partial charge in [-0.25, -0.2) is 4.79 Å². The largest absolute Gasteiger partial charge is 0.446 e. The lowest BCUT2D eigenvalue weighted by molar-refractivity contribution is -0.130. The molecule has 0 radical (unpaired) electrons. The van der Waals surface area contributed by atoms with Gasteiger partial charge in [-0.1, -0.05) is 0 Å². The van der Waals surface area contributed by atoms with E-state index in [9.17, 15) is 9.59 Å². The average molecular weight is 377 g/mol. The smallest absolute Gasteiger partial charge is 0.407 e. The maximum Gasteiger partial charge on any atom is 0.407 e. The van der Waals surface area contributed by atoms with Crippen LogP contribution in [0.4, 0.5) is 4.79 Å². The van der Waals surface area contributed by atoms with Gasteiger partial charge in [-0.3, -0.25) is 4.79 Å². The van der Waals surface area contributed by atoms with Crippen LogP contribution in [0, 0.1) is 17.2 Å². The number of amides is 2. The number of nitrogens with one attached hydrogen (secondary N) is 2. The number of hydrogen-bond acceptors (Lipinski definition) is 6. The molecule has 150 valence electrons. The Kier molecular flexibility index (Phi) is 5.92. The van der Waals surface area contributed by atoms with Gasteiger partial charge in [0.1, 0.15) is 12.1 Å². The van der Waals surface area contributed by atoms with Crippen molar-refractivity contribution in [2.45, 2.75) is 82.1 Å². The quantitative estimate of drug-likeness (QED) is 0.654. The number of rotatable bonds is 5. The molecule has 5 atom stereocenters. The minimum absolute atomic E-state index is 0.00579. The van der Waals surface area contributed by atoms with Gasteiger partial charge in [-0.2, -0.15) is 5.26 Å². The van der Waals surface area contributed by atoms with E-state index in [0.717, 1.165) is 32.1 Å². The van der Waals surface area contributed by atoms with E-state index < -0.39 is 0 Å². The summed E-state index contributed by atoms with van der Waals surface area (Å²) in [6.07, 6.45) is 4.25. The van der Waals surface area contributed by atoms with Gasteiger partial charge in [-0.05, 0) is 51.9 Å². The molecule has 0 aromatic carbocycles. The summed E-state index contributed by atoms with van der Waals surface area (Å²) in [5.74, 6) is 0.286. The molecule has 0 spiro atoms. The van der Waals surface area contributed by atoms with Crippen molar-refractivity contribution in [3.8, 4) is 6.07 Å². The Morgan fingerprint density at radius 1 is 1.37 bits per heavy atom. The van der Waals surface area contributed by atoms with Gasteiger partial charge in [0.15, 0.2) is 0 Å². The molecule has 3 rings (SSSR count). The SMILES string of the molecule is CC(C)NC(=O)O[C@@H]1C[C@@H]2CC(NCC(=O)N3CCC[C@H]3C#N)C[C@]2(N)C1. The topological polar surface area (TPSA) is 120 Å². The maximum atomic E-state index is 12.4. The molecule has 8 nitrogen and oxygen atoms in total. The van der Waals surface area contributed by atoms with Crippen molar-refractivity contribution in [3.05, 3.63) is 0 Å². The number of ether oxygens (including phenoxy) is 1. The molecule has 8 heteroatoms. The summed E-state index contributed by atoms with van der Waals surface area (Å²) in [5, 5.41) is 15.2. The van der Waals surface area contributed by atoms with E-state index in [-0.39, 0.29) is 48.3 Å². The second kappa shape index (κ2) is 8.03. The van der Waals surface area contributed by atoms with E-state index in [4.69, 9.17) is 15.7 Å². The molecular weight excluding hydrogens is 346 g/mol. The fourth-order valence-electron chi connectivity index (χ4n) is 4.89. The van der Waals surface area contributed by atoms with Crippen LogP contribution in [0.15, 0.2) is 0 Å². The van der Waals surface area contributed by atoms with Gasteiger partial charge in [0.05, 0.1) is 12.6 Å². The van der Waals surface area contributed by atoms with E-state index in [0.29, 0.717) is 18.9 Å². The molecule has 1 unspecified atom stereocenters. The van der Waals surface area contributed by atoms with E-state index in [1.807, 2.05) is 13.8 Å². The Morgan fingerprint density at radius 2 is 2.15 bits per heavy atom. The summed E-state index contributed by atoms with van der Waals surface area (Å²) in [7, 11) is 0. The number of alkyl carbamates (subject to hydrolysis) is 1. The monoisotopic (exact) mass is 377 g/mol. The number of fused-ring (bicyclic) bond motifs is 1. The fourth-order valence-corrected chi connectivity index (χ4v) is 4.89. The first-order valence-corrected chi connectivity index (χ1v) is 9.99. The van der Waals surface area contributed by atoms with E-state index in [1.54, 1.807) is 4.90 Å². The van der Waals surface area contributed by atoms with Crippen LogP contribution in [0.2, 0.25) is 0 Å². The highest BCUT2D eigenvalue weighted by Crippen LogP contribution is 2.46. The molecule has 4 N–H and O–H groups in total. The van der Waals surface area contributed by atoms with Crippen LogP contribution in [0.5, 0.6) is 0 Å². The number of carbonyl (C=O) groups is 2. The third kappa shape index (κ3) is 4.53. The summed E-state index contributed by atoms with van der Waals surface area (Å²) in [4.78, 5) is 25.9. The number of carbonyl (C=O) groups excluding carboxylic acids is 2. The lowest BCUT2D eigenvalue weighted by Gasteiger charge is -2.24. The van der Waals surface area contributed by atoms with Crippen molar-refractivity contribution in [2.24, 2.45) is 11.7 Å². The predicted molar refractivity (Wildman–Crippen MR) is 99.6 cm³/mol. The number of hydrogen-bond donors (Lipinski definition) is 3. The molecule has 1 heterocycles. The van der Waals surface area contributed by atoms with Crippen molar-refractivity contribution in [1.82, 2.24) is 15.5 Å². The van der Waals surface area contributed by atoms with Gasteiger partial charge >= 0.3 is 6.09 Å². The highest BCUT2D eigenvalue weighted by Gasteiger charge is 2.52. The molecule has 3 aliphatic rings. The molecule has 1 aliphatic heterocycles. The average Bonchev–Trinajstić information content (AvgIpc) is 3.23. The predicted octanol–water partition coefficient (Wildman–Crippen LogP) is 0.864. The number of nitriles is 1. The number of nitrogens with zero attached hydrogens (tertiary/aromatic N) is 2. The van der Waals surface area contributed by atoms with Crippen LogP contribution < -0.4 is 16.4 Å². The summed E-state index contributed by atoms with van der Waals surface area (Å²) in [5.41, 5.74) is 6.26. The van der Waals surface area contributed by atoms with Crippen molar-refractivity contribution in [1.29, 1.82) is 5.26 Å². The summed E-state index contributed by atoms with van der Waals surface area (Å²) in [6.45, 7) is 4.72. The number of likely N-dealkylation sites (tertiary alicyclic amines) is 1. The van der Waals surface area contributed by atoms with Crippen molar-refractivity contribution in [3.63, 3.8) is 0 Å². The van der Waals surface area contributed by atoms with E-state index >= 15 is 0 Å². The zero-order valence-electron chi connectivity index (χ0n) is 16.2. The Labute approximate surface area is 160 Å². The van der Waals surface area contributed by atoms with Crippen LogP contribution in [0.1, 0.15) is 52.4 Å². The standard InChI is InChI=1S/C19H31N5O3/c1-12(2)23-18(26)27-16-7-13-6-14(8-19(13,21)9-16)22-11-17(25)24-5-3-4-15(24)10-20/h12-16,22H,3-9,11,21H2,1-2H3,(H,23,26)/t13-,14?,15-,16+,19-/m0/s1. The zero-order valence-corrected chi connectivity index (χ0v) is 16.2. The molecule has 27 heavy (non-hydrogen) atoms. The van der Waals surface area contributed by atoms with Gasteiger partial charge < -0.3 is 26.0 Å². The van der Waals surface area contributed by atoms with Crippen LogP contribution in [-0.4, -0.2) is 59.8 Å². The Morgan fingerprint density at radius 3 is 2.81 bits per heavy atom. The molecule has 3 fully saturated rings. The molecule has 1 saturated heterocycles. The molecule has 0 aromatic heterocycles. The maximum absolute atomic E-state index is 12.4. The summed E-state index contributed by atoms with van der Waals surface area (Å²) < 4.78 is 5.51. The Bertz CT molecular complexity index is 619. The molecule has 2 aliphatic carbocycles. The van der Waals surface area contributed by atoms with Gasteiger partial charge in [0.25, 0.3) is 0 Å². The van der Waals surface area contributed by atoms with Gasteiger partial charge in [-0.15, -0.1) is 0 Å². The zero-order chi connectivity index (χ0) is 19.6. The lowest BCUT2D eigenvalue weighted by atomic mass is 9.92. The lowest BCUT2D eigenvalue weighted by Crippen LogP contribution is -2.45. The molecule has 0 bridgehead atoms. The third-order valence-corrected chi connectivity index (χ3v) is 6.11. The van der Waals surface area contributed by atoms with E-state index in [2.05, 4.69) is 16.7 Å². The first kappa shape index (κ1) is 19.9. The van der Waals surface area contributed by atoms with Crippen LogP contribution >= 0.6 is 0 Å². The first-order chi connectivity index (χ1) is 12.8. The van der Waals surface area contributed by atoms with Crippen LogP contribution in [-0.2, 0) is 9.53 Å². The van der Waals surface area contributed by atoms with E-state index in [1.165, 1.54) is 0 Å². The van der Waals surface area contributed by atoms with Crippen molar-refractivity contribution in [2.75, 3.05) is 13.1 Å². The molecule has 0 aromatic rings. The van der Waals surface area contributed by atoms with Crippen LogP contribution in [0.25, 0.3) is 0 Å². The van der Waals surface area contributed by atoms with Gasteiger partial charge in [0.2, 0.25) is 5.91 Å². The minimum Gasteiger partial charge on any atom is -0.446 e. The third-order valence-electron chi connectivity index (χ3n) is 6.11. The summed E-state index contributed by atoms with van der Waals surface area (Å²) >= 11 is 0. The summed E-state index contributed by atoms with van der Waals surface area (Å²) in [6, 6.07) is 2.17. The normalized spacial score (nSPS) is 35.1. The van der Waals surface area contributed by atoms with Gasteiger partial charge in [0, 0.05) is 30.6 Å². The molecule has 2 saturated carbocycles. The second-order valence-electron chi connectivity index (χ2n) is 8.59. The minimum atomic E-state index is -0.378. The fraction of sp³-hybridized carbons (Fsp3) is 0.842. The highest BCUT2D eigenvalue weighted by molar-refractivity contribution is 5.79. The number of nitrogens with two attached hydrogens (primary N) is 1. The van der Waals surface area contributed by atoms with Crippen LogP contribution in [0.3, 0.4) is 0 Å². The molecular formula is C19H31N5O3. The van der Waals surface area contributed by atoms with Crippen molar-refractivity contribution >= 4 is 12.0 Å². The molecule has 2 amide bonds.